The molecule has 2 heterocycles. The van der Waals surface area contributed by atoms with Gasteiger partial charge >= 0.3 is 0 Å². The standard InChI is InChI=1S/C10H11FN2O2S/c11-9-5-4-6-12-10(9)16(14,15)13-7-2-1-3-8-13/h1-2,4-6H,3,7-8H2. The molecule has 0 atom stereocenters. The Kier molecular flexibility index (Phi) is 3.02. The summed E-state index contributed by atoms with van der Waals surface area (Å²) in [5.41, 5.74) is 0. The smallest absolute Gasteiger partial charge is 0.241 e. The predicted octanol–water partition coefficient (Wildman–Crippen LogP) is 1.17. The molecule has 1 aromatic heterocycles. The number of rotatable bonds is 2. The second kappa shape index (κ2) is 4.31. The summed E-state index contributed by atoms with van der Waals surface area (Å²) < 4.78 is 38.6. The van der Waals surface area contributed by atoms with Crippen LogP contribution in [0.15, 0.2) is 35.5 Å². The van der Waals surface area contributed by atoms with Gasteiger partial charge in [-0.2, -0.15) is 4.31 Å². The maximum absolute atomic E-state index is 13.4. The third-order valence-corrected chi connectivity index (χ3v) is 4.13. The van der Waals surface area contributed by atoms with E-state index in [-0.39, 0.29) is 6.54 Å². The normalized spacial score (nSPS) is 17.6. The Morgan fingerprint density at radius 3 is 2.81 bits per heavy atom. The predicted molar refractivity (Wildman–Crippen MR) is 56.7 cm³/mol. The van der Waals surface area contributed by atoms with E-state index in [1.54, 1.807) is 6.08 Å². The minimum atomic E-state index is -3.80. The molecule has 1 aliphatic heterocycles. The monoisotopic (exact) mass is 242 g/mol. The lowest BCUT2D eigenvalue weighted by Gasteiger charge is -2.22. The van der Waals surface area contributed by atoms with Crippen LogP contribution in [0.3, 0.4) is 0 Å². The Morgan fingerprint density at radius 1 is 1.38 bits per heavy atom. The van der Waals surface area contributed by atoms with E-state index in [1.165, 1.54) is 16.6 Å². The molecule has 0 spiro atoms. The Morgan fingerprint density at radius 2 is 2.19 bits per heavy atom. The molecular weight excluding hydrogens is 231 g/mol. The SMILES string of the molecule is O=S(=O)(c1ncccc1F)N1CC=CCC1. The van der Waals surface area contributed by atoms with Crippen LogP contribution in [0.2, 0.25) is 0 Å². The number of sulfonamides is 1. The van der Waals surface area contributed by atoms with E-state index in [1.807, 2.05) is 6.08 Å². The van der Waals surface area contributed by atoms with E-state index in [0.29, 0.717) is 13.0 Å². The highest BCUT2D eigenvalue weighted by Crippen LogP contribution is 2.18. The van der Waals surface area contributed by atoms with Crippen LogP contribution in [0.25, 0.3) is 0 Å². The van der Waals surface area contributed by atoms with Gasteiger partial charge in [-0.15, -0.1) is 0 Å². The van der Waals surface area contributed by atoms with Gasteiger partial charge in [-0.3, -0.25) is 0 Å². The average Bonchev–Trinajstić information content (AvgIpc) is 2.30. The Bertz CT molecular complexity index is 513. The van der Waals surface area contributed by atoms with Gasteiger partial charge < -0.3 is 0 Å². The second-order valence-electron chi connectivity index (χ2n) is 3.41. The zero-order valence-corrected chi connectivity index (χ0v) is 9.32. The summed E-state index contributed by atoms with van der Waals surface area (Å²) in [4.78, 5) is 3.60. The molecule has 4 nitrogen and oxygen atoms in total. The lowest BCUT2D eigenvalue weighted by molar-refractivity contribution is 0.429. The van der Waals surface area contributed by atoms with Gasteiger partial charge in [-0.05, 0) is 18.6 Å². The van der Waals surface area contributed by atoms with Crippen LogP contribution < -0.4 is 0 Å². The minimum absolute atomic E-state index is 0.276. The van der Waals surface area contributed by atoms with Crippen molar-refractivity contribution in [3.05, 3.63) is 36.3 Å². The van der Waals surface area contributed by atoms with Gasteiger partial charge in [0.1, 0.15) is 0 Å². The zero-order chi connectivity index (χ0) is 11.6. The molecule has 1 aromatic rings. The summed E-state index contributed by atoms with van der Waals surface area (Å²) in [5.74, 6) is -0.808. The van der Waals surface area contributed by atoms with Crippen molar-refractivity contribution in [1.82, 2.24) is 9.29 Å². The first-order valence-electron chi connectivity index (χ1n) is 4.88. The molecule has 0 saturated carbocycles. The average molecular weight is 242 g/mol. The number of nitrogens with zero attached hydrogens (tertiary/aromatic N) is 2. The quantitative estimate of drug-likeness (QED) is 0.731. The van der Waals surface area contributed by atoms with Crippen molar-refractivity contribution in [2.75, 3.05) is 13.1 Å². The van der Waals surface area contributed by atoms with Gasteiger partial charge in [-0.25, -0.2) is 17.8 Å². The fourth-order valence-corrected chi connectivity index (χ4v) is 2.90. The van der Waals surface area contributed by atoms with Crippen molar-refractivity contribution in [2.45, 2.75) is 11.4 Å². The van der Waals surface area contributed by atoms with Crippen LogP contribution in [0.5, 0.6) is 0 Å². The highest BCUT2D eigenvalue weighted by molar-refractivity contribution is 7.89. The summed E-state index contributed by atoms with van der Waals surface area (Å²) in [5, 5.41) is -0.495. The van der Waals surface area contributed by atoms with Crippen LogP contribution in [0, 0.1) is 5.82 Å². The first kappa shape index (κ1) is 11.2. The molecule has 0 aliphatic carbocycles. The van der Waals surface area contributed by atoms with Crippen molar-refractivity contribution < 1.29 is 12.8 Å². The summed E-state index contributed by atoms with van der Waals surface area (Å²) in [6, 6.07) is 2.46. The molecule has 6 heteroatoms. The Balaban J connectivity index is 2.39. The van der Waals surface area contributed by atoms with Crippen molar-refractivity contribution in [1.29, 1.82) is 0 Å². The lowest BCUT2D eigenvalue weighted by Crippen LogP contribution is -2.34. The van der Waals surface area contributed by atoms with Crippen LogP contribution in [0.1, 0.15) is 6.42 Å². The summed E-state index contributed by atoms with van der Waals surface area (Å²) in [7, 11) is -3.80. The highest BCUT2D eigenvalue weighted by Gasteiger charge is 2.28. The number of aromatic nitrogens is 1. The van der Waals surface area contributed by atoms with E-state index in [2.05, 4.69) is 4.98 Å². The molecule has 0 amide bonds. The van der Waals surface area contributed by atoms with Gasteiger partial charge in [0, 0.05) is 19.3 Å². The van der Waals surface area contributed by atoms with E-state index >= 15 is 0 Å². The second-order valence-corrected chi connectivity index (χ2v) is 5.27. The van der Waals surface area contributed by atoms with Crippen LogP contribution in [0.4, 0.5) is 4.39 Å². The third kappa shape index (κ3) is 1.98. The minimum Gasteiger partial charge on any atom is -0.241 e. The summed E-state index contributed by atoms with van der Waals surface area (Å²) in [6.45, 7) is 0.646. The third-order valence-electron chi connectivity index (χ3n) is 2.33. The van der Waals surface area contributed by atoms with Gasteiger partial charge in [0.05, 0.1) is 0 Å². The Labute approximate surface area is 93.5 Å². The van der Waals surface area contributed by atoms with Crippen LogP contribution in [-0.2, 0) is 10.0 Å². The van der Waals surface area contributed by atoms with E-state index in [4.69, 9.17) is 0 Å². The Hall–Kier alpha value is -1.27. The van der Waals surface area contributed by atoms with Crippen molar-refractivity contribution >= 4 is 10.0 Å². The number of hydrogen-bond donors (Lipinski definition) is 0. The van der Waals surface area contributed by atoms with Crippen LogP contribution >= 0.6 is 0 Å². The van der Waals surface area contributed by atoms with Gasteiger partial charge in [0.15, 0.2) is 5.82 Å². The molecule has 0 bridgehead atoms. The summed E-state index contributed by atoms with van der Waals surface area (Å²) in [6.07, 6.45) is 5.58. The van der Waals surface area contributed by atoms with Crippen molar-refractivity contribution in [3.63, 3.8) is 0 Å². The number of pyridine rings is 1. The first-order valence-corrected chi connectivity index (χ1v) is 6.32. The first-order chi connectivity index (χ1) is 7.62. The topological polar surface area (TPSA) is 50.3 Å². The maximum Gasteiger partial charge on any atom is 0.263 e. The largest absolute Gasteiger partial charge is 0.263 e. The van der Waals surface area contributed by atoms with Gasteiger partial charge in [-0.1, -0.05) is 12.2 Å². The van der Waals surface area contributed by atoms with Gasteiger partial charge in [0.2, 0.25) is 5.03 Å². The fraction of sp³-hybridized carbons (Fsp3) is 0.300. The molecule has 0 fully saturated rings. The number of hydrogen-bond acceptors (Lipinski definition) is 3. The molecular formula is C10H11FN2O2S. The molecule has 86 valence electrons. The maximum atomic E-state index is 13.4. The fourth-order valence-electron chi connectivity index (χ4n) is 1.52. The molecule has 16 heavy (non-hydrogen) atoms. The van der Waals surface area contributed by atoms with E-state index in [0.717, 1.165) is 6.07 Å². The molecule has 0 N–H and O–H groups in total. The van der Waals surface area contributed by atoms with E-state index < -0.39 is 20.9 Å². The lowest BCUT2D eigenvalue weighted by atomic mass is 10.3. The van der Waals surface area contributed by atoms with Gasteiger partial charge in [0.25, 0.3) is 10.0 Å². The number of halogens is 1. The zero-order valence-electron chi connectivity index (χ0n) is 8.51. The van der Waals surface area contributed by atoms with E-state index in [9.17, 15) is 12.8 Å². The summed E-state index contributed by atoms with van der Waals surface area (Å²) >= 11 is 0. The van der Waals surface area contributed by atoms with Crippen LogP contribution in [-0.4, -0.2) is 30.8 Å². The molecule has 2 rings (SSSR count). The molecule has 0 unspecified atom stereocenters. The molecule has 0 saturated heterocycles. The molecule has 1 aliphatic rings. The molecule has 0 aromatic carbocycles. The molecule has 0 radical (unpaired) electrons. The van der Waals surface area contributed by atoms with Crippen molar-refractivity contribution in [3.8, 4) is 0 Å². The van der Waals surface area contributed by atoms with Crippen molar-refractivity contribution in [2.24, 2.45) is 0 Å². The highest BCUT2D eigenvalue weighted by atomic mass is 32.2.